The van der Waals surface area contributed by atoms with E-state index < -0.39 is 5.82 Å². The Morgan fingerprint density at radius 2 is 1.89 bits per heavy atom. The fraction of sp³-hybridized carbons (Fsp3) is 0.0769. The van der Waals surface area contributed by atoms with E-state index in [1.54, 1.807) is 18.2 Å². The van der Waals surface area contributed by atoms with Gasteiger partial charge in [0, 0.05) is 16.1 Å². The first-order valence-electron chi connectivity index (χ1n) is 5.23. The molecule has 0 aliphatic heterocycles. The van der Waals surface area contributed by atoms with Crippen LogP contribution in [0.1, 0.15) is 5.56 Å². The van der Waals surface area contributed by atoms with Crippen molar-refractivity contribution in [1.29, 1.82) is 0 Å². The molecule has 0 aliphatic carbocycles. The molecule has 0 fully saturated rings. The van der Waals surface area contributed by atoms with Crippen LogP contribution in [0.4, 0.5) is 4.39 Å². The number of hydrogen-bond acceptors (Lipinski definition) is 2. The highest BCUT2D eigenvalue weighted by Crippen LogP contribution is 2.35. The summed E-state index contributed by atoms with van der Waals surface area (Å²) >= 11 is 12.2. The van der Waals surface area contributed by atoms with Gasteiger partial charge in [-0.15, -0.1) is 0 Å². The van der Waals surface area contributed by atoms with Crippen LogP contribution in [0.2, 0.25) is 5.02 Å². The number of rotatable bonds is 3. The summed E-state index contributed by atoms with van der Waals surface area (Å²) in [5.74, 6) is 0.176. The van der Waals surface area contributed by atoms with E-state index in [0.29, 0.717) is 21.5 Å². The summed E-state index contributed by atoms with van der Waals surface area (Å²) in [7, 11) is 0. The van der Waals surface area contributed by atoms with Gasteiger partial charge in [0.25, 0.3) is 0 Å². The second-order valence-corrected chi connectivity index (χ2v) is 5.89. The molecule has 0 aliphatic rings. The van der Waals surface area contributed by atoms with Gasteiger partial charge in [-0.05, 0) is 40.2 Å². The van der Waals surface area contributed by atoms with Crippen LogP contribution in [0, 0.1) is 5.82 Å². The van der Waals surface area contributed by atoms with Crippen molar-refractivity contribution >= 4 is 43.5 Å². The van der Waals surface area contributed by atoms with Crippen molar-refractivity contribution in [2.45, 2.75) is 6.61 Å². The molecular weight excluding hydrogens is 402 g/mol. The molecule has 0 heterocycles. The molecule has 0 spiro atoms. The van der Waals surface area contributed by atoms with Gasteiger partial charge in [-0.25, -0.2) is 4.39 Å². The lowest BCUT2D eigenvalue weighted by Gasteiger charge is -2.12. The van der Waals surface area contributed by atoms with E-state index in [4.69, 9.17) is 16.3 Å². The quantitative estimate of drug-likeness (QED) is 0.697. The van der Waals surface area contributed by atoms with Crippen molar-refractivity contribution in [3.8, 4) is 11.5 Å². The number of ether oxygens (including phenoxy) is 1. The monoisotopic (exact) mass is 408 g/mol. The first-order chi connectivity index (χ1) is 9.01. The molecular formula is C13H8Br2ClFO2. The predicted octanol–water partition coefficient (Wildman–Crippen LogP) is 5.29. The largest absolute Gasteiger partial charge is 0.456 e. The van der Waals surface area contributed by atoms with Crippen LogP contribution in [0.15, 0.2) is 39.3 Å². The highest BCUT2D eigenvalue weighted by Gasteiger charge is 2.11. The molecule has 0 saturated carbocycles. The number of aliphatic hydroxyl groups excluding tert-OH is 1. The maximum atomic E-state index is 13.4. The van der Waals surface area contributed by atoms with Gasteiger partial charge in [0.15, 0.2) is 0 Å². The summed E-state index contributed by atoms with van der Waals surface area (Å²) in [6.07, 6.45) is 0. The SMILES string of the molecule is OCc1cc(Br)ccc1Oc1cc(F)c(Cl)cc1Br. The van der Waals surface area contributed by atoms with Gasteiger partial charge in [-0.2, -0.15) is 0 Å². The Balaban J connectivity index is 2.39. The summed E-state index contributed by atoms with van der Waals surface area (Å²) in [4.78, 5) is 0. The Labute approximate surface area is 131 Å². The minimum absolute atomic E-state index is 0.0115. The second-order valence-electron chi connectivity index (χ2n) is 3.71. The summed E-state index contributed by atoms with van der Waals surface area (Å²) in [6.45, 7) is -0.178. The fourth-order valence-corrected chi connectivity index (χ4v) is 2.60. The van der Waals surface area contributed by atoms with Crippen molar-refractivity contribution in [1.82, 2.24) is 0 Å². The second kappa shape index (κ2) is 6.22. The molecule has 2 aromatic carbocycles. The highest BCUT2D eigenvalue weighted by atomic mass is 79.9. The minimum atomic E-state index is -0.567. The molecule has 19 heavy (non-hydrogen) atoms. The van der Waals surface area contributed by atoms with E-state index in [1.165, 1.54) is 12.1 Å². The number of hydrogen-bond donors (Lipinski definition) is 1. The summed E-state index contributed by atoms with van der Waals surface area (Å²) in [5.41, 5.74) is 0.594. The molecule has 0 saturated heterocycles. The van der Waals surface area contributed by atoms with Crippen molar-refractivity contribution in [2.24, 2.45) is 0 Å². The van der Waals surface area contributed by atoms with Crippen LogP contribution in [0.5, 0.6) is 11.5 Å². The van der Waals surface area contributed by atoms with Gasteiger partial charge in [0.05, 0.1) is 16.1 Å². The molecule has 0 amide bonds. The van der Waals surface area contributed by atoms with Gasteiger partial charge in [-0.3, -0.25) is 0 Å². The van der Waals surface area contributed by atoms with Crippen molar-refractivity contribution in [3.63, 3.8) is 0 Å². The first kappa shape index (κ1) is 14.8. The van der Waals surface area contributed by atoms with Gasteiger partial charge in [0.1, 0.15) is 17.3 Å². The van der Waals surface area contributed by atoms with Gasteiger partial charge in [0.2, 0.25) is 0 Å². The highest BCUT2D eigenvalue weighted by molar-refractivity contribution is 9.10. The zero-order chi connectivity index (χ0) is 14.0. The van der Waals surface area contributed by atoms with Crippen LogP contribution in [0.25, 0.3) is 0 Å². The average molecular weight is 410 g/mol. The Kier molecular flexibility index (Phi) is 4.84. The average Bonchev–Trinajstić information content (AvgIpc) is 2.37. The zero-order valence-corrected chi connectivity index (χ0v) is 13.4. The lowest BCUT2D eigenvalue weighted by molar-refractivity contribution is 0.276. The third-order valence-electron chi connectivity index (χ3n) is 2.39. The summed E-state index contributed by atoms with van der Waals surface area (Å²) < 4.78 is 20.4. The molecule has 0 bridgehead atoms. The number of benzene rings is 2. The van der Waals surface area contributed by atoms with E-state index in [1.807, 2.05) is 0 Å². The molecule has 0 atom stereocenters. The van der Waals surface area contributed by atoms with Crippen molar-refractivity contribution in [3.05, 3.63) is 55.7 Å². The lowest BCUT2D eigenvalue weighted by Crippen LogP contribution is -1.93. The van der Waals surface area contributed by atoms with E-state index in [2.05, 4.69) is 31.9 Å². The maximum Gasteiger partial charge on any atom is 0.145 e. The van der Waals surface area contributed by atoms with Crippen LogP contribution in [-0.4, -0.2) is 5.11 Å². The lowest BCUT2D eigenvalue weighted by atomic mass is 10.2. The molecule has 0 radical (unpaired) electrons. The first-order valence-corrected chi connectivity index (χ1v) is 7.19. The summed E-state index contributed by atoms with van der Waals surface area (Å²) in [5, 5.41) is 9.29. The topological polar surface area (TPSA) is 29.5 Å². The standard InChI is InChI=1S/C13H8Br2ClFO2/c14-8-1-2-12(7(3-8)6-18)19-13-5-11(17)10(16)4-9(13)15/h1-5,18H,6H2. The van der Waals surface area contributed by atoms with Crippen molar-refractivity contribution < 1.29 is 14.2 Å². The van der Waals surface area contributed by atoms with Gasteiger partial charge < -0.3 is 9.84 Å². The molecule has 2 rings (SSSR count). The Morgan fingerprint density at radius 3 is 2.58 bits per heavy atom. The van der Waals surface area contributed by atoms with Gasteiger partial charge in [-0.1, -0.05) is 27.5 Å². The molecule has 2 aromatic rings. The third kappa shape index (κ3) is 3.48. The molecule has 1 N–H and O–H groups in total. The third-order valence-corrected chi connectivity index (χ3v) is 3.79. The molecule has 2 nitrogen and oxygen atoms in total. The van der Waals surface area contributed by atoms with E-state index in [9.17, 15) is 9.50 Å². The van der Waals surface area contributed by atoms with E-state index in [-0.39, 0.29) is 11.6 Å². The Bertz CT molecular complexity index is 620. The number of aliphatic hydroxyl groups is 1. The predicted molar refractivity (Wildman–Crippen MR) is 79.2 cm³/mol. The van der Waals surface area contributed by atoms with E-state index in [0.717, 1.165) is 4.47 Å². The summed E-state index contributed by atoms with van der Waals surface area (Å²) in [6, 6.07) is 7.80. The Hall–Kier alpha value is -0.620. The molecule has 100 valence electrons. The smallest absolute Gasteiger partial charge is 0.145 e. The normalized spacial score (nSPS) is 10.6. The van der Waals surface area contributed by atoms with Crippen LogP contribution < -0.4 is 4.74 Å². The van der Waals surface area contributed by atoms with Gasteiger partial charge >= 0.3 is 0 Å². The number of halogens is 4. The maximum absolute atomic E-state index is 13.4. The van der Waals surface area contributed by atoms with E-state index >= 15 is 0 Å². The fourth-order valence-electron chi connectivity index (χ4n) is 1.47. The molecule has 0 unspecified atom stereocenters. The molecule has 6 heteroatoms. The van der Waals surface area contributed by atoms with Crippen molar-refractivity contribution in [2.75, 3.05) is 0 Å². The molecule has 0 aromatic heterocycles. The van der Waals surface area contributed by atoms with Crippen LogP contribution in [0.3, 0.4) is 0 Å². The zero-order valence-electron chi connectivity index (χ0n) is 9.46. The Morgan fingerprint density at radius 1 is 1.16 bits per heavy atom. The van der Waals surface area contributed by atoms with Crippen LogP contribution in [-0.2, 0) is 6.61 Å². The minimum Gasteiger partial charge on any atom is -0.456 e. The van der Waals surface area contributed by atoms with Crippen LogP contribution >= 0.6 is 43.5 Å².